The summed E-state index contributed by atoms with van der Waals surface area (Å²) in [6.07, 6.45) is 12.0. The van der Waals surface area contributed by atoms with Crippen LogP contribution in [0.3, 0.4) is 0 Å². The van der Waals surface area contributed by atoms with Crippen molar-refractivity contribution < 1.29 is 13.9 Å². The van der Waals surface area contributed by atoms with Gasteiger partial charge in [0.25, 0.3) is 5.88 Å². The number of likely N-dealkylation sites (tertiary alicyclic amines) is 2. The second-order valence-corrected chi connectivity index (χ2v) is 15.8. The molecule has 248 valence electrons. The Hall–Kier alpha value is -3.28. The fourth-order valence-electron chi connectivity index (χ4n) is 9.52. The SMILES string of the molecule is CC(C)[C@H](C1CC(N2CC3(CCOC3)C2)C1)N1CC2(CCN(c3ncnnc3Oc3ccc(F)cc3-c3cncnc3C3CC3)C2)C1. The van der Waals surface area contributed by atoms with E-state index in [1.807, 2.05) is 0 Å². The van der Waals surface area contributed by atoms with Crippen molar-refractivity contribution in [1.29, 1.82) is 0 Å². The van der Waals surface area contributed by atoms with Gasteiger partial charge in [-0.25, -0.2) is 19.3 Å². The molecule has 3 aromatic rings. The van der Waals surface area contributed by atoms with E-state index in [2.05, 4.69) is 53.7 Å². The first-order valence-corrected chi connectivity index (χ1v) is 17.6. The smallest absolute Gasteiger partial charge is 0.282 e. The molecule has 2 spiro atoms. The number of hydrogen-bond acceptors (Lipinski definition) is 10. The van der Waals surface area contributed by atoms with Gasteiger partial charge in [-0.3, -0.25) is 9.80 Å². The Morgan fingerprint density at radius 3 is 2.60 bits per heavy atom. The van der Waals surface area contributed by atoms with E-state index in [0.29, 0.717) is 46.3 Å². The molecule has 47 heavy (non-hydrogen) atoms. The van der Waals surface area contributed by atoms with Crippen LogP contribution in [0, 0.1) is 28.5 Å². The van der Waals surface area contributed by atoms with Crippen LogP contribution in [0.1, 0.15) is 64.0 Å². The quantitative estimate of drug-likeness (QED) is 0.312. The number of rotatable bonds is 9. The zero-order valence-corrected chi connectivity index (χ0v) is 27.5. The van der Waals surface area contributed by atoms with Crippen LogP contribution < -0.4 is 9.64 Å². The summed E-state index contributed by atoms with van der Waals surface area (Å²) in [6, 6.07) is 5.98. The molecule has 6 heterocycles. The molecular weight excluding hydrogens is 595 g/mol. The molecule has 1 atom stereocenters. The number of hydrogen-bond donors (Lipinski definition) is 0. The standard InChI is InChI=1S/C36H45FN8O2/c1-23(2)32(25-11-27(12-25)44-18-36(19-44)8-10-46-20-36)45-16-35(17-45)7-9-43(15-35)33-34(42-41-22-40-33)47-30-6-5-26(37)13-28(30)29-14-38-21-39-31(29)24-3-4-24/h5-6,13-14,21-25,27,32H,3-4,7-12,15-20H2,1-2H3/t25?,27?,32-/m1/s1. The van der Waals surface area contributed by atoms with E-state index in [4.69, 9.17) is 9.47 Å². The minimum Gasteiger partial charge on any atom is -0.434 e. The molecular formula is C36H45FN8O2. The molecule has 2 saturated carbocycles. The summed E-state index contributed by atoms with van der Waals surface area (Å²) in [7, 11) is 0. The van der Waals surface area contributed by atoms with Crippen LogP contribution in [0.4, 0.5) is 10.2 Å². The predicted octanol–water partition coefficient (Wildman–Crippen LogP) is 5.18. The molecule has 0 amide bonds. The molecule has 4 saturated heterocycles. The van der Waals surface area contributed by atoms with Crippen molar-refractivity contribution in [3.05, 3.63) is 48.6 Å². The van der Waals surface area contributed by atoms with Crippen LogP contribution in [-0.2, 0) is 4.74 Å². The minimum atomic E-state index is -0.336. The highest BCUT2D eigenvalue weighted by Crippen LogP contribution is 2.50. The molecule has 6 aliphatic rings. The number of nitrogens with zero attached hydrogens (tertiary/aromatic N) is 8. The van der Waals surface area contributed by atoms with Gasteiger partial charge in [-0.2, -0.15) is 0 Å². The zero-order chi connectivity index (χ0) is 31.8. The topological polar surface area (TPSA) is 92.6 Å². The van der Waals surface area contributed by atoms with E-state index >= 15 is 0 Å². The first-order chi connectivity index (χ1) is 22.9. The lowest BCUT2D eigenvalue weighted by molar-refractivity contribution is -0.110. The first-order valence-electron chi connectivity index (χ1n) is 17.6. The van der Waals surface area contributed by atoms with Crippen molar-refractivity contribution >= 4 is 5.82 Å². The molecule has 0 bridgehead atoms. The van der Waals surface area contributed by atoms with Gasteiger partial charge in [-0.05, 0) is 68.6 Å². The Morgan fingerprint density at radius 2 is 1.83 bits per heavy atom. The van der Waals surface area contributed by atoms with Gasteiger partial charge < -0.3 is 14.4 Å². The number of halogens is 1. The average Bonchev–Trinajstić information content (AvgIpc) is 3.57. The maximum absolute atomic E-state index is 14.6. The van der Waals surface area contributed by atoms with E-state index in [-0.39, 0.29) is 11.2 Å². The van der Waals surface area contributed by atoms with Gasteiger partial charge >= 0.3 is 0 Å². The van der Waals surface area contributed by atoms with Crippen molar-refractivity contribution in [3.8, 4) is 22.8 Å². The van der Waals surface area contributed by atoms with Crippen LogP contribution in [0.15, 0.2) is 37.1 Å². The lowest BCUT2D eigenvalue weighted by Gasteiger charge is -2.60. The van der Waals surface area contributed by atoms with E-state index in [0.717, 1.165) is 81.9 Å². The third kappa shape index (κ3) is 5.38. The van der Waals surface area contributed by atoms with Gasteiger partial charge in [-0.15, -0.1) is 10.2 Å². The number of aromatic nitrogens is 5. The van der Waals surface area contributed by atoms with Crippen LogP contribution in [0.5, 0.6) is 11.6 Å². The van der Waals surface area contributed by atoms with E-state index < -0.39 is 0 Å². The van der Waals surface area contributed by atoms with Gasteiger partial charge in [0, 0.05) is 92.0 Å². The molecule has 6 fully saturated rings. The number of ether oxygens (including phenoxy) is 2. The summed E-state index contributed by atoms with van der Waals surface area (Å²) < 4.78 is 26.7. The summed E-state index contributed by atoms with van der Waals surface area (Å²) in [6.45, 7) is 13.3. The van der Waals surface area contributed by atoms with Crippen molar-refractivity contribution in [2.45, 2.75) is 70.4 Å². The fourth-order valence-corrected chi connectivity index (χ4v) is 9.52. The van der Waals surface area contributed by atoms with Gasteiger partial charge in [0.2, 0.25) is 0 Å². The van der Waals surface area contributed by atoms with Gasteiger partial charge in [-0.1, -0.05) is 13.8 Å². The Labute approximate surface area is 276 Å². The molecule has 10 nitrogen and oxygen atoms in total. The van der Waals surface area contributed by atoms with Gasteiger partial charge in [0.15, 0.2) is 5.82 Å². The second-order valence-electron chi connectivity index (χ2n) is 15.8. The molecule has 4 aliphatic heterocycles. The highest BCUT2D eigenvalue weighted by Gasteiger charge is 2.55. The molecule has 11 heteroatoms. The van der Waals surface area contributed by atoms with Crippen molar-refractivity contribution in [3.63, 3.8) is 0 Å². The molecule has 2 aliphatic carbocycles. The minimum absolute atomic E-state index is 0.256. The molecule has 2 aromatic heterocycles. The van der Waals surface area contributed by atoms with Crippen molar-refractivity contribution in [2.24, 2.45) is 22.7 Å². The van der Waals surface area contributed by atoms with Crippen LogP contribution in [0.2, 0.25) is 0 Å². The largest absolute Gasteiger partial charge is 0.434 e. The first kappa shape index (κ1) is 29.8. The lowest BCUT2D eigenvalue weighted by Crippen LogP contribution is -2.67. The van der Waals surface area contributed by atoms with Gasteiger partial charge in [0.1, 0.15) is 24.2 Å². The maximum Gasteiger partial charge on any atom is 0.282 e. The highest BCUT2D eigenvalue weighted by molar-refractivity contribution is 5.73. The van der Waals surface area contributed by atoms with Gasteiger partial charge in [0.05, 0.1) is 12.3 Å². The lowest BCUT2D eigenvalue weighted by atomic mass is 9.66. The fraction of sp³-hybridized carbons (Fsp3) is 0.639. The summed E-state index contributed by atoms with van der Waals surface area (Å²) in [5.41, 5.74) is 3.09. The van der Waals surface area contributed by atoms with Crippen LogP contribution >= 0.6 is 0 Å². The highest BCUT2D eigenvalue weighted by atomic mass is 19.1. The Balaban J connectivity index is 0.864. The summed E-state index contributed by atoms with van der Waals surface area (Å²) in [5.74, 6) is 3.01. The summed E-state index contributed by atoms with van der Waals surface area (Å²) in [4.78, 5) is 21.3. The van der Waals surface area contributed by atoms with Crippen molar-refractivity contribution in [2.75, 3.05) is 57.4 Å². The number of anilines is 1. The Bertz CT molecular complexity index is 1620. The Kier molecular flexibility index (Phi) is 7.24. The Morgan fingerprint density at radius 1 is 0.979 bits per heavy atom. The molecule has 0 unspecified atom stereocenters. The molecule has 0 N–H and O–H groups in total. The van der Waals surface area contributed by atoms with Crippen molar-refractivity contribution in [1.82, 2.24) is 34.9 Å². The van der Waals surface area contributed by atoms with E-state index in [9.17, 15) is 4.39 Å². The van der Waals surface area contributed by atoms with E-state index in [1.54, 1.807) is 18.6 Å². The van der Waals surface area contributed by atoms with Crippen LogP contribution in [-0.4, -0.2) is 99.5 Å². The van der Waals surface area contributed by atoms with E-state index in [1.165, 1.54) is 50.8 Å². The number of benzene rings is 1. The normalized spacial score (nSPS) is 27.2. The summed E-state index contributed by atoms with van der Waals surface area (Å²) >= 11 is 0. The monoisotopic (exact) mass is 640 g/mol. The average molecular weight is 641 g/mol. The second kappa shape index (κ2) is 11.4. The zero-order valence-electron chi connectivity index (χ0n) is 27.5. The molecule has 9 rings (SSSR count). The predicted molar refractivity (Wildman–Crippen MR) is 175 cm³/mol. The molecule has 0 radical (unpaired) electrons. The maximum atomic E-state index is 14.6. The summed E-state index contributed by atoms with van der Waals surface area (Å²) in [5, 5.41) is 8.45. The molecule has 1 aromatic carbocycles. The third-order valence-corrected chi connectivity index (χ3v) is 12.0. The third-order valence-electron chi connectivity index (χ3n) is 12.0. The van der Waals surface area contributed by atoms with Crippen LogP contribution in [0.25, 0.3) is 11.1 Å².